The zero-order valence-corrected chi connectivity index (χ0v) is 21.6. The number of nitrogens with zero attached hydrogens (tertiary/aromatic N) is 4. The van der Waals surface area contributed by atoms with Gasteiger partial charge < -0.3 is 9.97 Å². The third-order valence-electron chi connectivity index (χ3n) is 5.22. The van der Waals surface area contributed by atoms with E-state index in [-0.39, 0.29) is 19.5 Å². The number of fused-ring (bicyclic) bond motifs is 8. The Morgan fingerprint density at radius 2 is 1.16 bits per heavy atom. The van der Waals surface area contributed by atoms with E-state index in [1.54, 1.807) is 0 Å². The van der Waals surface area contributed by atoms with Gasteiger partial charge in [-0.25, -0.2) is 9.97 Å². The van der Waals surface area contributed by atoms with Crippen molar-refractivity contribution in [2.75, 3.05) is 0 Å². The number of hydrogen-bond acceptors (Lipinski definition) is 2. The van der Waals surface area contributed by atoms with E-state index in [4.69, 9.17) is 9.97 Å². The van der Waals surface area contributed by atoms with Crippen molar-refractivity contribution in [3.8, 4) is 11.1 Å². The average molecular weight is 529 g/mol. The van der Waals surface area contributed by atoms with Crippen molar-refractivity contribution >= 4 is 62.3 Å². The fourth-order valence-electron chi connectivity index (χ4n) is 3.80. The van der Waals surface area contributed by atoms with Crippen molar-refractivity contribution < 1.29 is 19.5 Å². The van der Waals surface area contributed by atoms with Gasteiger partial charge in [0, 0.05) is 4.47 Å². The van der Waals surface area contributed by atoms with Gasteiger partial charge in [0.1, 0.15) is 0 Å². The van der Waals surface area contributed by atoms with Gasteiger partial charge in [-0.2, -0.15) is 0 Å². The molecule has 8 bridgehead atoms. The second-order valence-corrected chi connectivity index (χ2v) is 8.33. The summed E-state index contributed by atoms with van der Waals surface area (Å²) >= 11 is 3.53. The van der Waals surface area contributed by atoms with Crippen molar-refractivity contribution in [1.82, 2.24) is 19.9 Å². The Hall–Kier alpha value is -3.08. The van der Waals surface area contributed by atoms with Crippen molar-refractivity contribution in [3.05, 3.63) is 94.0 Å². The van der Waals surface area contributed by atoms with Crippen molar-refractivity contribution in [2.45, 2.75) is 0 Å². The molecule has 0 radical (unpaired) electrons. The summed E-state index contributed by atoms with van der Waals surface area (Å²) in [6.45, 7) is 0. The summed E-state index contributed by atoms with van der Waals surface area (Å²) in [5.41, 5.74) is 9.09. The molecule has 6 rings (SSSR count). The van der Waals surface area contributed by atoms with Gasteiger partial charge in [0.05, 0.1) is 22.8 Å². The molecule has 3 aromatic heterocycles. The van der Waals surface area contributed by atoms with Crippen LogP contribution in [0.5, 0.6) is 0 Å². The summed E-state index contributed by atoms with van der Waals surface area (Å²) in [5, 5.41) is 0. The molecular formula is C26H15BrN4Zn. The molecule has 32 heavy (non-hydrogen) atoms. The molecule has 5 heterocycles. The zero-order valence-electron chi connectivity index (χ0n) is 17.0. The molecular weight excluding hydrogens is 514 g/mol. The van der Waals surface area contributed by atoms with Crippen LogP contribution >= 0.6 is 15.9 Å². The monoisotopic (exact) mass is 526 g/mol. The normalized spacial score (nSPS) is 12.0. The van der Waals surface area contributed by atoms with Gasteiger partial charge in [-0.15, -0.1) is 22.1 Å². The SMILES string of the molecule is Brc1ccc(-c2c3nc(cc4ccc(cc5nc(cc6ccc2[n-]6)C=C5)[n-]4)C=C3)cc1.[Zn+2]. The Labute approximate surface area is 206 Å². The van der Waals surface area contributed by atoms with Crippen molar-refractivity contribution in [2.24, 2.45) is 0 Å². The van der Waals surface area contributed by atoms with E-state index in [0.29, 0.717) is 0 Å². The van der Waals surface area contributed by atoms with Gasteiger partial charge in [-0.05, 0) is 47.6 Å². The second-order valence-electron chi connectivity index (χ2n) is 7.42. The molecule has 0 spiro atoms. The third kappa shape index (κ3) is 4.04. The van der Waals surface area contributed by atoms with Crippen molar-refractivity contribution in [3.63, 3.8) is 0 Å². The molecule has 2 aliphatic rings. The molecule has 4 nitrogen and oxygen atoms in total. The molecule has 2 aliphatic heterocycles. The topological polar surface area (TPSA) is 54.0 Å². The zero-order chi connectivity index (χ0) is 20.8. The van der Waals surface area contributed by atoms with Crippen LogP contribution in [-0.2, 0) is 19.5 Å². The minimum atomic E-state index is 0. The van der Waals surface area contributed by atoms with Gasteiger partial charge in [0.15, 0.2) is 0 Å². The minimum Gasteiger partial charge on any atom is -0.658 e. The van der Waals surface area contributed by atoms with Crippen LogP contribution in [0.25, 0.3) is 57.5 Å². The molecule has 148 valence electrons. The summed E-state index contributed by atoms with van der Waals surface area (Å²) < 4.78 is 1.03. The second kappa shape index (κ2) is 8.46. The molecule has 4 aromatic rings. The van der Waals surface area contributed by atoms with Crippen LogP contribution < -0.4 is 9.97 Å². The Morgan fingerprint density at radius 3 is 1.84 bits per heavy atom. The fraction of sp³-hybridized carbons (Fsp3) is 0. The van der Waals surface area contributed by atoms with Crippen molar-refractivity contribution in [1.29, 1.82) is 0 Å². The maximum absolute atomic E-state index is 4.88. The first-order chi connectivity index (χ1) is 15.2. The van der Waals surface area contributed by atoms with Gasteiger partial charge >= 0.3 is 19.5 Å². The van der Waals surface area contributed by atoms with E-state index in [9.17, 15) is 0 Å². The van der Waals surface area contributed by atoms with E-state index in [1.807, 2.05) is 78.9 Å². The van der Waals surface area contributed by atoms with Crippen LogP contribution in [0.4, 0.5) is 0 Å². The molecule has 0 saturated heterocycles. The van der Waals surface area contributed by atoms with Crippen LogP contribution in [0, 0.1) is 0 Å². The Kier molecular flexibility index (Phi) is 5.50. The first-order valence-electron chi connectivity index (χ1n) is 9.92. The summed E-state index contributed by atoms with van der Waals surface area (Å²) in [7, 11) is 0. The van der Waals surface area contributed by atoms with Crippen LogP contribution in [-0.4, -0.2) is 9.97 Å². The number of rotatable bonds is 1. The predicted octanol–water partition coefficient (Wildman–Crippen LogP) is 6.34. The maximum atomic E-state index is 4.88. The van der Waals surface area contributed by atoms with Gasteiger partial charge in [0.2, 0.25) is 0 Å². The Morgan fingerprint density at radius 1 is 0.594 bits per heavy atom. The van der Waals surface area contributed by atoms with Gasteiger partial charge in [-0.3, -0.25) is 0 Å². The van der Waals surface area contributed by atoms with E-state index < -0.39 is 0 Å². The molecule has 0 fully saturated rings. The summed E-state index contributed by atoms with van der Waals surface area (Å²) in [6.07, 6.45) is 8.05. The Balaban J connectivity index is 0.00000216. The van der Waals surface area contributed by atoms with Crippen LogP contribution in [0.1, 0.15) is 22.8 Å². The number of benzene rings is 1. The van der Waals surface area contributed by atoms with Crippen LogP contribution in [0.15, 0.2) is 71.2 Å². The van der Waals surface area contributed by atoms with E-state index in [0.717, 1.165) is 60.4 Å². The molecule has 0 saturated carbocycles. The molecule has 0 aliphatic carbocycles. The van der Waals surface area contributed by atoms with E-state index >= 15 is 0 Å². The summed E-state index contributed by atoms with van der Waals surface area (Å²) in [6, 6.07) is 22.3. The fourth-order valence-corrected chi connectivity index (χ4v) is 4.07. The van der Waals surface area contributed by atoms with Gasteiger partial charge in [-0.1, -0.05) is 70.5 Å². The van der Waals surface area contributed by atoms with Gasteiger partial charge in [0.25, 0.3) is 0 Å². The molecule has 1 aromatic carbocycles. The van der Waals surface area contributed by atoms with E-state index in [2.05, 4.69) is 38.0 Å². The van der Waals surface area contributed by atoms with Crippen LogP contribution in [0.3, 0.4) is 0 Å². The largest absolute Gasteiger partial charge is 2.00 e. The first kappa shape index (κ1) is 20.8. The number of aromatic nitrogens is 4. The molecule has 6 heteroatoms. The van der Waals surface area contributed by atoms with Crippen LogP contribution in [0.2, 0.25) is 0 Å². The smallest absolute Gasteiger partial charge is 0.658 e. The maximum Gasteiger partial charge on any atom is 2.00 e. The number of hydrogen-bond donors (Lipinski definition) is 0. The van der Waals surface area contributed by atoms with E-state index in [1.165, 1.54) is 0 Å². The molecule has 0 atom stereocenters. The predicted molar refractivity (Wildman–Crippen MR) is 130 cm³/mol. The number of halogens is 1. The summed E-state index contributed by atoms with van der Waals surface area (Å²) in [5.74, 6) is 0. The summed E-state index contributed by atoms with van der Waals surface area (Å²) in [4.78, 5) is 19.1. The first-order valence-corrected chi connectivity index (χ1v) is 10.7. The molecule has 0 unspecified atom stereocenters. The third-order valence-corrected chi connectivity index (χ3v) is 5.75. The standard InChI is InChI=1S/C26H15BrN4.Zn/c27-17-3-1-16(2-4-17)26-24-11-9-22(30-24)14-20-7-5-18(28-20)13-19-6-8-21(29-19)15-23-10-12-25(26)31-23;/h1-15H;/q-2;+2. The quantitative estimate of drug-likeness (QED) is 0.234. The average Bonchev–Trinajstić information content (AvgIpc) is 3.55. The molecule has 0 N–H and O–H groups in total. The Bertz CT molecular complexity index is 1540. The molecule has 0 amide bonds. The minimum absolute atomic E-state index is 0.